The van der Waals surface area contributed by atoms with E-state index in [0.29, 0.717) is 5.69 Å². The van der Waals surface area contributed by atoms with Gasteiger partial charge in [0, 0.05) is 18.3 Å². The van der Waals surface area contributed by atoms with Gasteiger partial charge in [-0.25, -0.2) is 0 Å². The molecule has 17 heavy (non-hydrogen) atoms. The average molecular weight is 238 g/mol. The number of hydrogen-bond acceptors (Lipinski definition) is 3. The van der Waals surface area contributed by atoms with Gasteiger partial charge < -0.3 is 15.0 Å². The minimum Gasteiger partial charge on any atom is -0.478 e. The molecule has 0 fully saturated rings. The van der Waals surface area contributed by atoms with Crippen molar-refractivity contribution in [3.8, 4) is 5.75 Å². The predicted octanol–water partition coefficient (Wildman–Crippen LogP) is 0.977. The number of nitrogens with one attached hydrogen (secondary N) is 2. The van der Waals surface area contributed by atoms with Crippen LogP contribution in [-0.4, -0.2) is 23.5 Å². The minimum atomic E-state index is -0.224. The van der Waals surface area contributed by atoms with Gasteiger partial charge in [0.1, 0.15) is 0 Å². The SMILES string of the molecule is CCC(C)NC(=O)COc1c(C)[nH]ccc1=O. The van der Waals surface area contributed by atoms with E-state index in [-0.39, 0.29) is 29.7 Å². The van der Waals surface area contributed by atoms with Gasteiger partial charge in [-0.15, -0.1) is 0 Å². The van der Waals surface area contributed by atoms with Crippen molar-refractivity contribution in [2.75, 3.05) is 6.61 Å². The fraction of sp³-hybridized carbons (Fsp3) is 0.500. The molecule has 0 saturated heterocycles. The molecule has 5 nitrogen and oxygen atoms in total. The van der Waals surface area contributed by atoms with E-state index in [0.717, 1.165) is 6.42 Å². The Balaban J connectivity index is 2.56. The molecule has 1 aromatic rings. The quantitative estimate of drug-likeness (QED) is 0.803. The summed E-state index contributed by atoms with van der Waals surface area (Å²) in [5.74, 6) is -0.0196. The largest absolute Gasteiger partial charge is 0.478 e. The molecule has 0 aliphatic carbocycles. The fourth-order valence-corrected chi connectivity index (χ4v) is 1.30. The monoisotopic (exact) mass is 238 g/mol. The van der Waals surface area contributed by atoms with E-state index < -0.39 is 0 Å². The maximum atomic E-state index is 11.5. The van der Waals surface area contributed by atoms with E-state index in [1.54, 1.807) is 13.1 Å². The van der Waals surface area contributed by atoms with Gasteiger partial charge >= 0.3 is 0 Å². The van der Waals surface area contributed by atoms with Gasteiger partial charge in [-0.1, -0.05) is 6.92 Å². The second-order valence-corrected chi connectivity index (χ2v) is 3.96. The molecule has 0 spiro atoms. The Morgan fingerprint density at radius 1 is 1.59 bits per heavy atom. The molecule has 1 unspecified atom stereocenters. The summed E-state index contributed by atoms with van der Waals surface area (Å²) >= 11 is 0. The van der Waals surface area contributed by atoms with Gasteiger partial charge in [-0.05, 0) is 20.3 Å². The van der Waals surface area contributed by atoms with Crippen LogP contribution in [0.2, 0.25) is 0 Å². The van der Waals surface area contributed by atoms with Crippen molar-refractivity contribution in [1.29, 1.82) is 0 Å². The Labute approximate surface area is 100 Å². The lowest BCUT2D eigenvalue weighted by Gasteiger charge is -2.12. The van der Waals surface area contributed by atoms with Crippen LogP contribution in [0.1, 0.15) is 26.0 Å². The van der Waals surface area contributed by atoms with Crippen molar-refractivity contribution in [1.82, 2.24) is 10.3 Å². The zero-order valence-corrected chi connectivity index (χ0v) is 10.4. The van der Waals surface area contributed by atoms with E-state index in [1.165, 1.54) is 6.07 Å². The van der Waals surface area contributed by atoms with E-state index >= 15 is 0 Å². The number of hydrogen-bond donors (Lipinski definition) is 2. The Hall–Kier alpha value is -1.78. The third kappa shape index (κ3) is 3.94. The number of aromatic amines is 1. The molecule has 1 rings (SSSR count). The molecule has 0 aliphatic rings. The average Bonchev–Trinajstić information content (AvgIpc) is 2.28. The van der Waals surface area contributed by atoms with E-state index in [2.05, 4.69) is 10.3 Å². The highest BCUT2D eigenvalue weighted by molar-refractivity contribution is 5.77. The van der Waals surface area contributed by atoms with Crippen LogP contribution in [-0.2, 0) is 4.79 Å². The van der Waals surface area contributed by atoms with Crippen molar-refractivity contribution in [2.24, 2.45) is 0 Å². The molecule has 0 radical (unpaired) electrons. The van der Waals surface area contributed by atoms with Crippen LogP contribution in [0.15, 0.2) is 17.1 Å². The van der Waals surface area contributed by atoms with Crippen LogP contribution in [0, 0.1) is 6.92 Å². The van der Waals surface area contributed by atoms with Gasteiger partial charge in [-0.3, -0.25) is 9.59 Å². The van der Waals surface area contributed by atoms with Crippen molar-refractivity contribution in [2.45, 2.75) is 33.2 Å². The normalized spacial score (nSPS) is 11.9. The molecule has 5 heteroatoms. The third-order valence-electron chi connectivity index (χ3n) is 2.47. The lowest BCUT2D eigenvalue weighted by molar-refractivity contribution is -0.123. The Morgan fingerprint density at radius 3 is 2.88 bits per heavy atom. The van der Waals surface area contributed by atoms with Crippen LogP contribution in [0.3, 0.4) is 0 Å². The van der Waals surface area contributed by atoms with Gasteiger partial charge in [-0.2, -0.15) is 0 Å². The number of carbonyl (C=O) groups is 1. The lowest BCUT2D eigenvalue weighted by Crippen LogP contribution is -2.36. The Morgan fingerprint density at radius 2 is 2.29 bits per heavy atom. The lowest BCUT2D eigenvalue weighted by atomic mass is 10.2. The maximum Gasteiger partial charge on any atom is 0.258 e. The zero-order chi connectivity index (χ0) is 12.8. The summed E-state index contributed by atoms with van der Waals surface area (Å²) in [6.07, 6.45) is 2.40. The molecule has 1 atom stereocenters. The molecule has 0 saturated carbocycles. The zero-order valence-electron chi connectivity index (χ0n) is 10.4. The summed E-state index contributed by atoms with van der Waals surface area (Å²) in [6, 6.07) is 1.48. The molecule has 0 bridgehead atoms. The third-order valence-corrected chi connectivity index (χ3v) is 2.47. The maximum absolute atomic E-state index is 11.5. The first-order chi connectivity index (χ1) is 8.04. The molecule has 94 valence electrons. The van der Waals surface area contributed by atoms with Crippen molar-refractivity contribution in [3.63, 3.8) is 0 Å². The summed E-state index contributed by atoms with van der Waals surface area (Å²) < 4.78 is 5.22. The molecule has 2 N–H and O–H groups in total. The molecule has 0 aromatic carbocycles. The van der Waals surface area contributed by atoms with E-state index in [4.69, 9.17) is 4.74 Å². The van der Waals surface area contributed by atoms with Gasteiger partial charge in [0.25, 0.3) is 5.91 Å². The first-order valence-corrected chi connectivity index (χ1v) is 5.65. The fourth-order valence-electron chi connectivity index (χ4n) is 1.30. The van der Waals surface area contributed by atoms with E-state index in [9.17, 15) is 9.59 Å². The highest BCUT2D eigenvalue weighted by Gasteiger charge is 2.09. The summed E-state index contributed by atoms with van der Waals surface area (Å²) in [6.45, 7) is 5.48. The summed E-state index contributed by atoms with van der Waals surface area (Å²) in [5, 5.41) is 2.76. The number of pyridine rings is 1. The van der Waals surface area contributed by atoms with Crippen LogP contribution in [0.4, 0.5) is 0 Å². The predicted molar refractivity (Wildman–Crippen MR) is 65.2 cm³/mol. The van der Waals surface area contributed by atoms with Crippen molar-refractivity contribution < 1.29 is 9.53 Å². The molecular formula is C12H18N2O3. The number of aryl methyl sites for hydroxylation is 1. The van der Waals surface area contributed by atoms with Gasteiger partial charge in [0.2, 0.25) is 5.43 Å². The van der Waals surface area contributed by atoms with Crippen molar-refractivity contribution >= 4 is 5.91 Å². The second-order valence-electron chi connectivity index (χ2n) is 3.96. The number of ether oxygens (including phenoxy) is 1. The summed E-state index contributed by atoms with van der Waals surface area (Å²) in [5.41, 5.74) is 0.395. The van der Waals surface area contributed by atoms with Crippen molar-refractivity contribution in [3.05, 3.63) is 28.2 Å². The highest BCUT2D eigenvalue weighted by Crippen LogP contribution is 2.06. The van der Waals surface area contributed by atoms with Gasteiger partial charge in [0.15, 0.2) is 12.4 Å². The molecule has 0 aliphatic heterocycles. The number of rotatable bonds is 5. The van der Waals surface area contributed by atoms with Gasteiger partial charge in [0.05, 0.1) is 5.69 Å². The number of aromatic nitrogens is 1. The smallest absolute Gasteiger partial charge is 0.258 e. The van der Waals surface area contributed by atoms with E-state index in [1.807, 2.05) is 13.8 Å². The number of amides is 1. The van der Waals surface area contributed by atoms with Crippen LogP contribution in [0.5, 0.6) is 5.75 Å². The first kappa shape index (κ1) is 13.3. The Kier molecular flexibility index (Phi) is 4.75. The first-order valence-electron chi connectivity index (χ1n) is 5.65. The number of carbonyl (C=O) groups excluding carboxylic acids is 1. The summed E-state index contributed by atoms with van der Waals surface area (Å²) in [7, 11) is 0. The molecule has 1 heterocycles. The minimum absolute atomic E-state index is 0.112. The number of H-pyrrole nitrogens is 1. The van der Waals surface area contributed by atoms with Crippen LogP contribution in [0.25, 0.3) is 0 Å². The standard InChI is InChI=1S/C12H18N2O3/c1-4-8(2)14-11(16)7-17-12-9(3)13-6-5-10(12)15/h5-6,8H,4,7H2,1-3H3,(H,13,15)(H,14,16). The summed E-state index contributed by atoms with van der Waals surface area (Å²) in [4.78, 5) is 25.8. The molecular weight excluding hydrogens is 220 g/mol. The molecule has 1 aromatic heterocycles. The molecule has 1 amide bonds. The topological polar surface area (TPSA) is 71.2 Å². The Bertz CT molecular complexity index is 440. The van der Waals surface area contributed by atoms with Crippen LogP contribution < -0.4 is 15.5 Å². The second kappa shape index (κ2) is 6.08. The van der Waals surface area contributed by atoms with Crippen LogP contribution >= 0.6 is 0 Å². The highest BCUT2D eigenvalue weighted by atomic mass is 16.5.